The number of aryl methyl sites for hydroxylation is 1. The molecule has 0 amide bonds. The highest BCUT2D eigenvalue weighted by molar-refractivity contribution is 6.09. The zero-order valence-corrected chi connectivity index (χ0v) is 14.0. The third-order valence-corrected chi connectivity index (χ3v) is 4.63. The molecule has 1 saturated heterocycles. The van der Waals surface area contributed by atoms with Gasteiger partial charge in [0, 0.05) is 36.9 Å². The molecule has 3 heterocycles. The molecule has 0 N–H and O–H groups in total. The summed E-state index contributed by atoms with van der Waals surface area (Å²) in [7, 11) is 0. The lowest BCUT2D eigenvalue weighted by Gasteiger charge is -2.32. The third-order valence-electron chi connectivity index (χ3n) is 4.63. The molecular weight excluding hydrogens is 328 g/mol. The molecule has 6 nitrogen and oxygen atoms in total. The number of anilines is 1. The lowest BCUT2D eigenvalue weighted by molar-refractivity contribution is -0.0222. The van der Waals surface area contributed by atoms with E-state index in [0.29, 0.717) is 22.7 Å². The number of benzene rings is 1. The van der Waals surface area contributed by atoms with Crippen LogP contribution in [0.15, 0.2) is 18.5 Å². The van der Waals surface area contributed by atoms with Gasteiger partial charge in [-0.15, -0.1) is 10.2 Å². The number of halogens is 2. The van der Waals surface area contributed by atoms with Crippen molar-refractivity contribution in [3.05, 3.63) is 29.6 Å². The second kappa shape index (κ2) is 5.44. The maximum atomic E-state index is 13.5. The Morgan fingerprint density at radius 3 is 2.64 bits per heavy atom. The smallest absolute Gasteiger partial charge is 0.251 e. The van der Waals surface area contributed by atoms with E-state index in [2.05, 4.69) is 15.2 Å². The van der Waals surface area contributed by atoms with Gasteiger partial charge in [-0.1, -0.05) is 0 Å². The van der Waals surface area contributed by atoms with Crippen LogP contribution in [-0.2, 0) is 0 Å². The number of carbonyl (C=O) groups excluding carboxylic acids is 1. The Labute approximate surface area is 142 Å². The number of alkyl halides is 2. The van der Waals surface area contributed by atoms with Crippen molar-refractivity contribution in [2.45, 2.75) is 32.6 Å². The van der Waals surface area contributed by atoms with Gasteiger partial charge < -0.3 is 4.90 Å². The van der Waals surface area contributed by atoms with Crippen molar-refractivity contribution < 1.29 is 13.6 Å². The number of piperidine rings is 1. The lowest BCUT2D eigenvalue weighted by atomic mass is 10.0. The molecule has 0 spiro atoms. The van der Waals surface area contributed by atoms with E-state index in [9.17, 15) is 13.6 Å². The number of carbonyl (C=O) groups is 1. The molecule has 4 rings (SSSR count). The first-order valence-corrected chi connectivity index (χ1v) is 8.13. The fourth-order valence-corrected chi connectivity index (χ4v) is 3.31. The Kier molecular flexibility index (Phi) is 3.45. The molecular formula is C17H17F2N5O. The summed E-state index contributed by atoms with van der Waals surface area (Å²) in [5, 5.41) is 8.84. The van der Waals surface area contributed by atoms with Crippen LogP contribution in [0.4, 0.5) is 14.7 Å². The number of fused-ring (bicyclic) bond motifs is 3. The van der Waals surface area contributed by atoms with Crippen molar-refractivity contribution in [2.24, 2.45) is 0 Å². The number of Topliss-reactive ketones (excluding diaryl/α,β-unsaturated/α-hetero) is 1. The van der Waals surface area contributed by atoms with Crippen LogP contribution in [0.2, 0.25) is 0 Å². The summed E-state index contributed by atoms with van der Waals surface area (Å²) in [6.45, 7) is 3.78. The van der Waals surface area contributed by atoms with Gasteiger partial charge in [-0.05, 0) is 31.5 Å². The second-order valence-corrected chi connectivity index (χ2v) is 6.54. The van der Waals surface area contributed by atoms with Crippen LogP contribution in [0.25, 0.3) is 16.6 Å². The summed E-state index contributed by atoms with van der Waals surface area (Å²) < 4.78 is 28.7. The molecule has 1 aromatic carbocycles. The molecule has 0 saturated carbocycles. The second-order valence-electron chi connectivity index (χ2n) is 6.54. The lowest BCUT2D eigenvalue weighted by Crippen LogP contribution is -2.40. The molecule has 1 aliphatic rings. The Bertz CT molecular complexity index is 988. The highest BCUT2D eigenvalue weighted by Gasteiger charge is 2.35. The Morgan fingerprint density at radius 1 is 1.24 bits per heavy atom. The molecule has 0 bridgehead atoms. The molecule has 0 unspecified atom stereocenters. The Morgan fingerprint density at radius 2 is 1.96 bits per heavy atom. The van der Waals surface area contributed by atoms with Crippen molar-refractivity contribution in [3.8, 4) is 0 Å². The summed E-state index contributed by atoms with van der Waals surface area (Å²) in [5.41, 5.74) is 2.54. The zero-order chi connectivity index (χ0) is 17.8. The molecule has 25 heavy (non-hydrogen) atoms. The summed E-state index contributed by atoms with van der Waals surface area (Å²) in [6.07, 6.45) is 1.09. The number of nitrogens with zero attached hydrogens (tertiary/aromatic N) is 5. The maximum Gasteiger partial charge on any atom is 0.251 e. The van der Waals surface area contributed by atoms with E-state index in [1.807, 2.05) is 13.0 Å². The average Bonchev–Trinajstić information content (AvgIpc) is 3.03. The molecule has 1 fully saturated rings. The fourth-order valence-electron chi connectivity index (χ4n) is 3.31. The first kappa shape index (κ1) is 15.9. The number of ketones is 1. The minimum Gasteiger partial charge on any atom is -0.341 e. The summed E-state index contributed by atoms with van der Waals surface area (Å²) in [4.78, 5) is 18.5. The normalized spacial score (nSPS) is 17.4. The standard InChI is InChI=1S/C17H17F2N5O/c1-10-7-12(11(2)25)14-13(8-10)15-22-20-9-24(15)16(21-14)23-5-3-17(18,19)4-6-23/h7-9H,3-6H2,1-2H3. The monoisotopic (exact) mass is 345 g/mol. The van der Waals surface area contributed by atoms with Crippen molar-refractivity contribution in [1.82, 2.24) is 19.6 Å². The summed E-state index contributed by atoms with van der Waals surface area (Å²) >= 11 is 0. The number of hydrogen-bond acceptors (Lipinski definition) is 5. The van der Waals surface area contributed by atoms with Crippen molar-refractivity contribution >= 4 is 28.3 Å². The minimum atomic E-state index is -2.64. The predicted molar refractivity (Wildman–Crippen MR) is 89.4 cm³/mol. The van der Waals surface area contributed by atoms with E-state index in [4.69, 9.17) is 0 Å². The molecule has 1 aliphatic heterocycles. The quantitative estimate of drug-likeness (QED) is 0.668. The van der Waals surface area contributed by atoms with Crippen LogP contribution in [0.1, 0.15) is 35.7 Å². The van der Waals surface area contributed by atoms with Gasteiger partial charge >= 0.3 is 0 Å². The molecule has 2 aromatic heterocycles. The molecule has 8 heteroatoms. The van der Waals surface area contributed by atoms with Crippen LogP contribution >= 0.6 is 0 Å². The SMILES string of the molecule is CC(=O)c1cc(C)cc2c1nc(N1CCC(F)(F)CC1)n1cnnc21. The molecule has 0 atom stereocenters. The highest BCUT2D eigenvalue weighted by atomic mass is 19.3. The summed E-state index contributed by atoms with van der Waals surface area (Å²) in [5.74, 6) is -2.24. The van der Waals surface area contributed by atoms with Crippen molar-refractivity contribution in [1.29, 1.82) is 0 Å². The summed E-state index contributed by atoms with van der Waals surface area (Å²) in [6, 6.07) is 3.70. The van der Waals surface area contributed by atoms with Crippen LogP contribution in [-0.4, -0.2) is 44.4 Å². The number of rotatable bonds is 2. The van der Waals surface area contributed by atoms with E-state index >= 15 is 0 Å². The third kappa shape index (κ3) is 2.61. The Hall–Kier alpha value is -2.64. The fraction of sp³-hybridized carbons (Fsp3) is 0.412. The van der Waals surface area contributed by atoms with E-state index in [1.54, 1.807) is 15.4 Å². The average molecular weight is 345 g/mol. The zero-order valence-electron chi connectivity index (χ0n) is 14.0. The van der Waals surface area contributed by atoms with Crippen molar-refractivity contribution in [3.63, 3.8) is 0 Å². The van der Waals surface area contributed by atoms with Gasteiger partial charge in [0.15, 0.2) is 11.4 Å². The molecule has 0 aliphatic carbocycles. The van der Waals surface area contributed by atoms with Gasteiger partial charge in [0.2, 0.25) is 5.95 Å². The van der Waals surface area contributed by atoms with Gasteiger partial charge in [-0.25, -0.2) is 13.8 Å². The molecule has 130 valence electrons. The maximum absolute atomic E-state index is 13.5. The topological polar surface area (TPSA) is 63.4 Å². The van der Waals surface area contributed by atoms with Crippen LogP contribution in [0.5, 0.6) is 0 Å². The number of aromatic nitrogens is 4. The van der Waals surface area contributed by atoms with E-state index in [0.717, 1.165) is 10.9 Å². The van der Waals surface area contributed by atoms with Crippen LogP contribution < -0.4 is 4.90 Å². The van der Waals surface area contributed by atoms with Crippen LogP contribution in [0, 0.1) is 6.92 Å². The predicted octanol–water partition coefficient (Wildman–Crippen LogP) is 3.02. The molecule has 0 radical (unpaired) electrons. The van der Waals surface area contributed by atoms with Gasteiger partial charge in [0.05, 0.1) is 5.52 Å². The van der Waals surface area contributed by atoms with Gasteiger partial charge in [0.1, 0.15) is 6.33 Å². The highest BCUT2D eigenvalue weighted by Crippen LogP contribution is 2.32. The van der Waals surface area contributed by atoms with E-state index in [-0.39, 0.29) is 31.7 Å². The van der Waals surface area contributed by atoms with Gasteiger partial charge in [-0.2, -0.15) is 0 Å². The molecule has 3 aromatic rings. The van der Waals surface area contributed by atoms with Crippen molar-refractivity contribution in [2.75, 3.05) is 18.0 Å². The Balaban J connectivity index is 1.95. The van der Waals surface area contributed by atoms with Gasteiger partial charge in [-0.3, -0.25) is 9.20 Å². The largest absolute Gasteiger partial charge is 0.341 e. The first-order valence-electron chi connectivity index (χ1n) is 8.13. The van der Waals surface area contributed by atoms with Crippen LogP contribution in [0.3, 0.4) is 0 Å². The van der Waals surface area contributed by atoms with E-state index in [1.165, 1.54) is 13.3 Å². The van der Waals surface area contributed by atoms with E-state index < -0.39 is 5.92 Å². The number of hydrogen-bond donors (Lipinski definition) is 0. The minimum absolute atomic E-state index is 0.0961. The first-order chi connectivity index (χ1) is 11.9. The van der Waals surface area contributed by atoms with Gasteiger partial charge in [0.25, 0.3) is 5.92 Å².